The Hall–Kier alpha value is -3.83. The summed E-state index contributed by atoms with van der Waals surface area (Å²) in [6, 6.07) is 5.86. The summed E-state index contributed by atoms with van der Waals surface area (Å²) in [5.41, 5.74) is 0.614. The van der Waals surface area contributed by atoms with E-state index in [1.54, 1.807) is 13.8 Å². The molecule has 2 heterocycles. The van der Waals surface area contributed by atoms with Crippen LogP contribution >= 0.6 is 0 Å². The first-order valence-corrected chi connectivity index (χ1v) is 9.45. The third-order valence-corrected chi connectivity index (χ3v) is 4.59. The first-order chi connectivity index (χ1) is 15.0. The van der Waals surface area contributed by atoms with Gasteiger partial charge in [0.1, 0.15) is 5.75 Å². The highest BCUT2D eigenvalue weighted by atomic mass is 19.4. The molecule has 0 unspecified atom stereocenters. The van der Waals surface area contributed by atoms with Crippen molar-refractivity contribution in [1.29, 1.82) is 0 Å². The molecule has 0 fully saturated rings. The number of ether oxygens (including phenoxy) is 1. The van der Waals surface area contributed by atoms with E-state index in [1.807, 2.05) is 0 Å². The zero-order valence-electron chi connectivity index (χ0n) is 17.2. The minimum Gasteiger partial charge on any atom is -0.476 e. The van der Waals surface area contributed by atoms with Crippen LogP contribution in [-0.2, 0) is 24.2 Å². The summed E-state index contributed by atoms with van der Waals surface area (Å²) in [6.45, 7) is 3.41. The maximum absolute atomic E-state index is 12.8. The fraction of sp³-hybridized carbons (Fsp3) is 0.300. The van der Waals surface area contributed by atoms with Crippen LogP contribution in [0.4, 0.5) is 18.9 Å². The van der Waals surface area contributed by atoms with Crippen molar-refractivity contribution in [3.8, 4) is 5.75 Å². The molecule has 1 aromatic carbocycles. The van der Waals surface area contributed by atoms with Crippen LogP contribution in [0.1, 0.15) is 33.9 Å². The van der Waals surface area contributed by atoms with E-state index >= 15 is 0 Å². The molecule has 0 spiro atoms. The number of nitrogens with zero attached hydrogens (tertiary/aromatic N) is 4. The van der Waals surface area contributed by atoms with Crippen LogP contribution in [0.3, 0.4) is 0 Å². The number of benzene rings is 1. The summed E-state index contributed by atoms with van der Waals surface area (Å²) in [5, 5.41) is 19.7. The summed E-state index contributed by atoms with van der Waals surface area (Å²) in [6.07, 6.45) is -2.96. The smallest absolute Gasteiger partial charge is 0.416 e. The summed E-state index contributed by atoms with van der Waals surface area (Å²) in [7, 11) is 0. The normalized spacial score (nSPS) is 11.4. The van der Waals surface area contributed by atoms with Gasteiger partial charge in [0, 0.05) is 19.2 Å². The standard InChI is InChI=1S/C20H20F3N5O4/c1-12-18(24-17(29)7-9-27-8-6-16(26-27)19(30)31)13(2)28(25-12)11-32-15-5-3-4-14(10-15)20(21,22)23/h3-6,8,10H,7,9,11H2,1-2H3,(H,24,29)(H,30,31). The van der Waals surface area contributed by atoms with Crippen molar-refractivity contribution in [2.45, 2.75) is 39.7 Å². The number of anilines is 1. The van der Waals surface area contributed by atoms with Crippen LogP contribution in [0.15, 0.2) is 36.5 Å². The molecule has 0 aliphatic rings. The van der Waals surface area contributed by atoms with Crippen LogP contribution < -0.4 is 10.1 Å². The van der Waals surface area contributed by atoms with E-state index in [-0.39, 0.29) is 37.0 Å². The molecular weight excluding hydrogens is 431 g/mol. The van der Waals surface area contributed by atoms with Gasteiger partial charge in [-0.3, -0.25) is 9.48 Å². The third kappa shape index (κ3) is 5.45. The number of carboxylic acids is 1. The number of halogens is 3. The van der Waals surface area contributed by atoms with Gasteiger partial charge in [-0.1, -0.05) is 6.07 Å². The molecule has 12 heteroatoms. The number of amides is 1. The van der Waals surface area contributed by atoms with Crippen LogP contribution in [0.25, 0.3) is 0 Å². The number of aromatic nitrogens is 4. The highest BCUT2D eigenvalue weighted by Crippen LogP contribution is 2.31. The summed E-state index contributed by atoms with van der Waals surface area (Å²) < 4.78 is 46.7. The third-order valence-electron chi connectivity index (χ3n) is 4.59. The number of nitrogens with one attached hydrogen (secondary N) is 1. The number of aromatic carboxylic acids is 1. The second-order valence-corrected chi connectivity index (χ2v) is 6.91. The van der Waals surface area contributed by atoms with E-state index in [4.69, 9.17) is 9.84 Å². The van der Waals surface area contributed by atoms with Crippen molar-refractivity contribution in [2.75, 3.05) is 5.32 Å². The Morgan fingerprint density at radius 1 is 1.19 bits per heavy atom. The Bertz CT molecular complexity index is 1140. The van der Waals surface area contributed by atoms with Gasteiger partial charge in [0.2, 0.25) is 5.91 Å². The number of carboxylic acid groups (broad SMARTS) is 1. The highest BCUT2D eigenvalue weighted by molar-refractivity contribution is 5.91. The summed E-state index contributed by atoms with van der Waals surface area (Å²) in [4.78, 5) is 23.2. The Balaban J connectivity index is 1.60. The van der Waals surface area contributed by atoms with E-state index in [9.17, 15) is 22.8 Å². The summed E-state index contributed by atoms with van der Waals surface area (Å²) in [5.74, 6) is -1.45. The number of hydrogen-bond acceptors (Lipinski definition) is 5. The molecular formula is C20H20F3N5O4. The van der Waals surface area contributed by atoms with E-state index < -0.39 is 17.7 Å². The molecule has 3 rings (SSSR count). The predicted molar refractivity (Wildman–Crippen MR) is 106 cm³/mol. The molecule has 9 nitrogen and oxygen atoms in total. The minimum atomic E-state index is -4.47. The second kappa shape index (κ2) is 9.12. The Morgan fingerprint density at radius 2 is 1.94 bits per heavy atom. The number of alkyl halides is 3. The second-order valence-electron chi connectivity index (χ2n) is 6.91. The maximum atomic E-state index is 12.8. The monoisotopic (exact) mass is 451 g/mol. The number of carbonyl (C=O) groups excluding carboxylic acids is 1. The average molecular weight is 451 g/mol. The van der Waals surface area contributed by atoms with Crippen LogP contribution in [0.5, 0.6) is 5.75 Å². The van der Waals surface area contributed by atoms with Crippen molar-refractivity contribution in [3.63, 3.8) is 0 Å². The Kier molecular flexibility index (Phi) is 6.51. The number of carbonyl (C=O) groups is 2. The molecule has 0 saturated carbocycles. The first kappa shape index (κ1) is 22.8. The first-order valence-electron chi connectivity index (χ1n) is 9.45. The van der Waals surface area contributed by atoms with Gasteiger partial charge in [-0.25, -0.2) is 9.48 Å². The van der Waals surface area contributed by atoms with Gasteiger partial charge in [-0.05, 0) is 38.1 Å². The van der Waals surface area contributed by atoms with Crippen molar-refractivity contribution < 1.29 is 32.6 Å². The van der Waals surface area contributed by atoms with Crippen LogP contribution in [0.2, 0.25) is 0 Å². The fourth-order valence-electron chi connectivity index (χ4n) is 2.92. The molecule has 0 atom stereocenters. The Labute approximate surface area is 180 Å². The van der Waals surface area contributed by atoms with Crippen molar-refractivity contribution in [1.82, 2.24) is 19.6 Å². The van der Waals surface area contributed by atoms with Gasteiger partial charge < -0.3 is 15.2 Å². The molecule has 2 aromatic heterocycles. The molecule has 0 aliphatic heterocycles. The Morgan fingerprint density at radius 3 is 2.59 bits per heavy atom. The molecule has 1 amide bonds. The van der Waals surface area contributed by atoms with Crippen LogP contribution in [0, 0.1) is 13.8 Å². The molecule has 32 heavy (non-hydrogen) atoms. The lowest BCUT2D eigenvalue weighted by Crippen LogP contribution is -2.16. The number of rotatable bonds is 8. The molecule has 170 valence electrons. The van der Waals surface area contributed by atoms with E-state index in [2.05, 4.69) is 15.5 Å². The largest absolute Gasteiger partial charge is 0.476 e. The van der Waals surface area contributed by atoms with Crippen molar-refractivity contribution in [2.24, 2.45) is 0 Å². The topological polar surface area (TPSA) is 111 Å². The zero-order chi connectivity index (χ0) is 23.5. The van der Waals surface area contributed by atoms with E-state index in [1.165, 1.54) is 33.8 Å². The molecule has 3 aromatic rings. The van der Waals surface area contributed by atoms with Gasteiger partial charge in [-0.15, -0.1) is 0 Å². The minimum absolute atomic E-state index is 0.0397. The predicted octanol–water partition coefficient (Wildman–Crippen LogP) is 3.48. The van der Waals surface area contributed by atoms with Crippen molar-refractivity contribution >= 4 is 17.6 Å². The molecule has 0 aliphatic carbocycles. The van der Waals surface area contributed by atoms with Gasteiger partial charge in [-0.2, -0.15) is 23.4 Å². The molecule has 0 radical (unpaired) electrons. The van der Waals surface area contributed by atoms with E-state index in [0.717, 1.165) is 12.1 Å². The SMILES string of the molecule is Cc1nn(COc2cccc(C(F)(F)F)c2)c(C)c1NC(=O)CCn1ccc(C(=O)O)n1. The number of aryl methyl sites for hydroxylation is 2. The maximum Gasteiger partial charge on any atom is 0.416 e. The van der Waals surface area contributed by atoms with Gasteiger partial charge in [0.05, 0.1) is 22.6 Å². The van der Waals surface area contributed by atoms with Gasteiger partial charge >= 0.3 is 12.1 Å². The molecule has 0 saturated heterocycles. The summed E-state index contributed by atoms with van der Waals surface area (Å²) >= 11 is 0. The average Bonchev–Trinajstić information content (AvgIpc) is 3.31. The lowest BCUT2D eigenvalue weighted by molar-refractivity contribution is -0.137. The quantitative estimate of drug-likeness (QED) is 0.543. The van der Waals surface area contributed by atoms with Gasteiger partial charge in [0.25, 0.3) is 0 Å². The fourth-order valence-corrected chi connectivity index (χ4v) is 2.92. The number of hydrogen-bond donors (Lipinski definition) is 2. The lowest BCUT2D eigenvalue weighted by Gasteiger charge is -2.11. The molecule has 0 bridgehead atoms. The van der Waals surface area contributed by atoms with Crippen molar-refractivity contribution in [3.05, 3.63) is 59.2 Å². The highest BCUT2D eigenvalue weighted by Gasteiger charge is 2.30. The van der Waals surface area contributed by atoms with Gasteiger partial charge in [0.15, 0.2) is 12.4 Å². The lowest BCUT2D eigenvalue weighted by atomic mass is 10.2. The molecule has 2 N–H and O–H groups in total. The van der Waals surface area contributed by atoms with E-state index in [0.29, 0.717) is 17.1 Å². The zero-order valence-corrected chi connectivity index (χ0v) is 17.2. The van der Waals surface area contributed by atoms with Crippen LogP contribution in [-0.4, -0.2) is 36.5 Å².